The summed E-state index contributed by atoms with van der Waals surface area (Å²) in [6.45, 7) is 2.07. The predicted molar refractivity (Wildman–Crippen MR) is 67.2 cm³/mol. The molecule has 1 fully saturated rings. The van der Waals surface area contributed by atoms with Gasteiger partial charge in [0.15, 0.2) is 0 Å². The van der Waals surface area contributed by atoms with E-state index >= 15 is 0 Å². The number of rotatable bonds is 0. The van der Waals surface area contributed by atoms with Gasteiger partial charge in [-0.2, -0.15) is 0 Å². The molecule has 1 aliphatic heterocycles. The van der Waals surface area contributed by atoms with Gasteiger partial charge in [-0.3, -0.25) is 0 Å². The van der Waals surface area contributed by atoms with Crippen molar-refractivity contribution in [1.29, 1.82) is 0 Å². The number of hydrogen-bond acceptors (Lipinski definition) is 2. The molecule has 0 radical (unpaired) electrons. The van der Waals surface area contributed by atoms with E-state index in [0.717, 1.165) is 32.4 Å². The lowest BCUT2D eigenvalue weighted by molar-refractivity contribution is 0.0738. The van der Waals surface area contributed by atoms with E-state index in [1.165, 1.54) is 11.1 Å². The molecule has 0 bridgehead atoms. The smallest absolute Gasteiger partial charge is 0.0678 e. The molecule has 1 saturated heterocycles. The average Bonchev–Trinajstić information content (AvgIpc) is 2.55. The molecule has 1 unspecified atom stereocenters. The van der Waals surface area contributed by atoms with E-state index in [0.29, 0.717) is 0 Å². The highest BCUT2D eigenvalue weighted by molar-refractivity contribution is 5.85. The van der Waals surface area contributed by atoms with Crippen molar-refractivity contribution in [1.82, 2.24) is 5.32 Å². The van der Waals surface area contributed by atoms with Crippen LogP contribution in [-0.2, 0) is 11.8 Å². The summed E-state index contributed by atoms with van der Waals surface area (Å²) in [5, 5.41) is 13.7. The zero-order valence-electron chi connectivity index (χ0n) is 9.28. The minimum atomic E-state index is -0.169. The molecule has 1 spiro atoms. The molecule has 1 aromatic carbocycles. The second kappa shape index (κ2) is 4.36. The van der Waals surface area contributed by atoms with E-state index in [1.807, 2.05) is 0 Å². The number of aliphatic hydroxyl groups is 1. The van der Waals surface area contributed by atoms with E-state index < -0.39 is 0 Å². The third-order valence-electron chi connectivity index (χ3n) is 4.10. The molecule has 88 valence electrons. The van der Waals surface area contributed by atoms with E-state index in [-0.39, 0.29) is 23.9 Å². The van der Waals surface area contributed by atoms with Crippen LogP contribution in [0, 0.1) is 0 Å². The van der Waals surface area contributed by atoms with Crippen LogP contribution < -0.4 is 5.32 Å². The van der Waals surface area contributed by atoms with Gasteiger partial charge in [0.2, 0.25) is 0 Å². The second-order valence-electron chi connectivity index (χ2n) is 4.78. The van der Waals surface area contributed by atoms with Gasteiger partial charge in [-0.05, 0) is 43.5 Å². The minimum absolute atomic E-state index is 0. The molecular formula is C13H18ClNO. The molecule has 3 rings (SSSR count). The van der Waals surface area contributed by atoms with Gasteiger partial charge in [0.1, 0.15) is 0 Å². The minimum Gasteiger partial charge on any atom is -0.392 e. The van der Waals surface area contributed by atoms with E-state index in [9.17, 15) is 5.11 Å². The third kappa shape index (κ3) is 1.56. The fourth-order valence-corrected chi connectivity index (χ4v) is 3.24. The van der Waals surface area contributed by atoms with Gasteiger partial charge in [-0.15, -0.1) is 12.4 Å². The lowest BCUT2D eigenvalue weighted by atomic mass is 9.73. The fraction of sp³-hybridized carbons (Fsp3) is 0.538. The summed E-state index contributed by atoms with van der Waals surface area (Å²) in [7, 11) is 0. The molecule has 1 aliphatic carbocycles. The van der Waals surface area contributed by atoms with Gasteiger partial charge in [0.05, 0.1) is 6.10 Å². The maximum Gasteiger partial charge on any atom is 0.0678 e. The Morgan fingerprint density at radius 1 is 1.19 bits per heavy atom. The molecule has 1 atom stereocenters. The number of fused-ring (bicyclic) bond motifs is 2. The van der Waals surface area contributed by atoms with Gasteiger partial charge >= 0.3 is 0 Å². The van der Waals surface area contributed by atoms with Gasteiger partial charge in [0, 0.05) is 5.41 Å². The van der Waals surface area contributed by atoms with Crippen LogP contribution in [-0.4, -0.2) is 24.3 Å². The van der Waals surface area contributed by atoms with Gasteiger partial charge in [-0.25, -0.2) is 0 Å². The van der Waals surface area contributed by atoms with Crippen molar-refractivity contribution in [2.45, 2.75) is 30.8 Å². The summed E-state index contributed by atoms with van der Waals surface area (Å²) in [5.41, 5.74) is 2.81. The van der Waals surface area contributed by atoms with Crippen LogP contribution >= 0.6 is 12.4 Å². The molecular weight excluding hydrogens is 222 g/mol. The van der Waals surface area contributed by atoms with E-state index in [4.69, 9.17) is 0 Å². The quantitative estimate of drug-likeness (QED) is 0.722. The summed E-state index contributed by atoms with van der Waals surface area (Å²) in [6, 6.07) is 8.54. The standard InChI is InChI=1S/C13H17NO.ClH/c15-12-9-10-3-1-2-4-11(10)13(12)5-7-14-8-6-13;/h1-4,12,14-15H,5-9H2;1H. The number of aliphatic hydroxyl groups excluding tert-OH is 1. The van der Waals surface area contributed by atoms with Crippen molar-refractivity contribution in [3.63, 3.8) is 0 Å². The first-order valence-corrected chi connectivity index (χ1v) is 5.80. The van der Waals surface area contributed by atoms with Crippen LogP contribution in [0.4, 0.5) is 0 Å². The lowest BCUT2D eigenvalue weighted by Gasteiger charge is -2.37. The zero-order valence-corrected chi connectivity index (χ0v) is 10.1. The van der Waals surface area contributed by atoms with Crippen LogP contribution in [0.1, 0.15) is 24.0 Å². The molecule has 0 amide bonds. The normalized spacial score (nSPS) is 26.2. The van der Waals surface area contributed by atoms with Crippen molar-refractivity contribution in [3.05, 3.63) is 35.4 Å². The SMILES string of the molecule is Cl.OC1Cc2ccccc2C12CCNCC2. The number of nitrogens with one attached hydrogen (secondary N) is 1. The van der Waals surface area contributed by atoms with Crippen molar-refractivity contribution in [2.24, 2.45) is 0 Å². The summed E-state index contributed by atoms with van der Waals surface area (Å²) < 4.78 is 0. The second-order valence-corrected chi connectivity index (χ2v) is 4.78. The van der Waals surface area contributed by atoms with E-state index in [1.54, 1.807) is 0 Å². The van der Waals surface area contributed by atoms with Crippen molar-refractivity contribution in [2.75, 3.05) is 13.1 Å². The molecule has 1 aromatic rings. The fourth-order valence-electron chi connectivity index (χ4n) is 3.24. The number of benzene rings is 1. The lowest BCUT2D eigenvalue weighted by Crippen LogP contribution is -2.45. The Labute approximate surface area is 102 Å². The van der Waals surface area contributed by atoms with Crippen molar-refractivity contribution >= 4 is 12.4 Å². The average molecular weight is 240 g/mol. The first-order valence-electron chi connectivity index (χ1n) is 5.80. The van der Waals surface area contributed by atoms with E-state index in [2.05, 4.69) is 29.6 Å². The zero-order chi connectivity index (χ0) is 10.3. The maximum absolute atomic E-state index is 10.3. The van der Waals surface area contributed by atoms with Crippen LogP contribution in [0.3, 0.4) is 0 Å². The Bertz CT molecular complexity index is 374. The van der Waals surface area contributed by atoms with Crippen LogP contribution in [0.25, 0.3) is 0 Å². The largest absolute Gasteiger partial charge is 0.392 e. The first-order chi connectivity index (χ1) is 7.33. The van der Waals surface area contributed by atoms with Crippen LogP contribution in [0.15, 0.2) is 24.3 Å². The highest BCUT2D eigenvalue weighted by atomic mass is 35.5. The molecule has 2 aliphatic rings. The Morgan fingerprint density at radius 2 is 1.88 bits per heavy atom. The Hall–Kier alpha value is -0.570. The van der Waals surface area contributed by atoms with Crippen molar-refractivity contribution in [3.8, 4) is 0 Å². The van der Waals surface area contributed by atoms with Gasteiger partial charge in [-0.1, -0.05) is 24.3 Å². The third-order valence-corrected chi connectivity index (χ3v) is 4.10. The predicted octanol–water partition coefficient (Wildman–Crippen LogP) is 1.65. The molecule has 1 heterocycles. The summed E-state index contributed by atoms with van der Waals surface area (Å²) >= 11 is 0. The van der Waals surface area contributed by atoms with Crippen molar-refractivity contribution < 1.29 is 5.11 Å². The monoisotopic (exact) mass is 239 g/mol. The molecule has 0 aromatic heterocycles. The Morgan fingerprint density at radius 3 is 2.62 bits per heavy atom. The van der Waals surface area contributed by atoms with Gasteiger partial charge < -0.3 is 10.4 Å². The number of hydrogen-bond donors (Lipinski definition) is 2. The summed E-state index contributed by atoms with van der Waals surface area (Å²) in [6.07, 6.45) is 2.82. The highest BCUT2D eigenvalue weighted by Crippen LogP contribution is 2.44. The first kappa shape index (κ1) is 11.9. The number of piperidine rings is 1. The molecule has 2 nitrogen and oxygen atoms in total. The topological polar surface area (TPSA) is 32.3 Å². The van der Waals surface area contributed by atoms with Crippen LogP contribution in [0.2, 0.25) is 0 Å². The highest BCUT2D eigenvalue weighted by Gasteiger charge is 2.46. The number of halogens is 1. The van der Waals surface area contributed by atoms with Crippen LogP contribution in [0.5, 0.6) is 0 Å². The molecule has 2 N–H and O–H groups in total. The summed E-state index contributed by atoms with van der Waals surface area (Å²) in [5.74, 6) is 0. The molecule has 16 heavy (non-hydrogen) atoms. The molecule has 3 heteroatoms. The van der Waals surface area contributed by atoms with Gasteiger partial charge in [0.25, 0.3) is 0 Å². The molecule has 0 saturated carbocycles. The maximum atomic E-state index is 10.3. The Balaban J connectivity index is 0.000000963. The Kier molecular flexibility index (Phi) is 3.24. The summed E-state index contributed by atoms with van der Waals surface area (Å²) in [4.78, 5) is 0.